The summed E-state index contributed by atoms with van der Waals surface area (Å²) in [7, 11) is 0. The number of pyridine rings is 1. The van der Waals surface area contributed by atoms with Crippen molar-refractivity contribution in [3.8, 4) is 0 Å². The third kappa shape index (κ3) is 4.84. The minimum absolute atomic E-state index is 0.0393. The van der Waals surface area contributed by atoms with Crippen LogP contribution >= 0.6 is 0 Å². The van der Waals surface area contributed by atoms with Gasteiger partial charge >= 0.3 is 6.03 Å². The summed E-state index contributed by atoms with van der Waals surface area (Å²) in [4.78, 5) is 19.4. The van der Waals surface area contributed by atoms with Crippen LogP contribution in [-0.2, 0) is 6.42 Å². The number of nitrogens with two attached hydrogens (primary N) is 1. The summed E-state index contributed by atoms with van der Waals surface area (Å²) < 4.78 is 2.19. The Balaban J connectivity index is 1.83. The molecule has 4 aromatic rings. The molecular weight excluding hydrogens is 420 g/mol. The molecule has 5 heteroatoms. The summed E-state index contributed by atoms with van der Waals surface area (Å²) >= 11 is 0. The summed E-state index contributed by atoms with van der Waals surface area (Å²) in [5.41, 5.74) is 11.4. The van der Waals surface area contributed by atoms with Gasteiger partial charge in [-0.1, -0.05) is 76.2 Å². The Morgan fingerprint density at radius 2 is 1.59 bits per heavy atom. The standard InChI is InChI=1S/C29H34N4O/c1-20(2)25-13-8-14-26(21(3)4)27(25)33(29(30)34)19-24(18-22-10-6-5-7-11-22)32-17-15-23-12-9-16-31-28(23)32/h5-17,20-21,24H,18-19H2,1-4H3,(H2,30,34). The molecule has 2 aromatic carbocycles. The number of fused-ring (bicyclic) bond motifs is 1. The van der Waals surface area contributed by atoms with Crippen LogP contribution in [-0.4, -0.2) is 22.1 Å². The van der Waals surface area contributed by atoms with Crippen LogP contribution in [0.2, 0.25) is 0 Å². The molecule has 0 saturated heterocycles. The Morgan fingerprint density at radius 3 is 2.21 bits per heavy atom. The highest BCUT2D eigenvalue weighted by atomic mass is 16.2. The highest BCUT2D eigenvalue weighted by molar-refractivity contribution is 5.93. The highest BCUT2D eigenvalue weighted by Gasteiger charge is 2.27. The van der Waals surface area contributed by atoms with E-state index in [1.807, 2.05) is 18.3 Å². The number of anilines is 1. The second-order valence-electron chi connectivity index (χ2n) is 9.53. The van der Waals surface area contributed by atoms with Gasteiger partial charge < -0.3 is 10.3 Å². The van der Waals surface area contributed by atoms with Gasteiger partial charge in [-0.2, -0.15) is 0 Å². The van der Waals surface area contributed by atoms with E-state index >= 15 is 0 Å². The maximum Gasteiger partial charge on any atom is 0.319 e. The number of carbonyl (C=O) groups excluding carboxylic acids is 1. The molecule has 4 rings (SSSR count). The van der Waals surface area contributed by atoms with Gasteiger partial charge in [0.05, 0.1) is 11.7 Å². The van der Waals surface area contributed by atoms with Crippen molar-refractivity contribution in [2.45, 2.75) is 52.0 Å². The van der Waals surface area contributed by atoms with Gasteiger partial charge in [-0.05, 0) is 53.1 Å². The third-order valence-electron chi connectivity index (χ3n) is 6.46. The summed E-state index contributed by atoms with van der Waals surface area (Å²) in [5, 5.41) is 1.08. The van der Waals surface area contributed by atoms with Crippen molar-refractivity contribution in [3.05, 3.63) is 95.8 Å². The van der Waals surface area contributed by atoms with Crippen LogP contribution < -0.4 is 10.6 Å². The van der Waals surface area contributed by atoms with Crippen LogP contribution in [0.3, 0.4) is 0 Å². The van der Waals surface area contributed by atoms with Gasteiger partial charge in [0.2, 0.25) is 0 Å². The van der Waals surface area contributed by atoms with Crippen LogP contribution in [0.5, 0.6) is 0 Å². The zero-order valence-electron chi connectivity index (χ0n) is 20.5. The number of rotatable bonds is 8. The number of nitrogens with zero attached hydrogens (tertiary/aromatic N) is 3. The van der Waals surface area contributed by atoms with Gasteiger partial charge in [-0.3, -0.25) is 4.90 Å². The van der Waals surface area contributed by atoms with Crippen molar-refractivity contribution in [2.75, 3.05) is 11.4 Å². The van der Waals surface area contributed by atoms with Gasteiger partial charge in [0.25, 0.3) is 0 Å². The molecule has 0 aliphatic carbocycles. The molecule has 0 aliphatic heterocycles. The smallest absolute Gasteiger partial charge is 0.319 e. The first kappa shape index (κ1) is 23.6. The van der Waals surface area contributed by atoms with E-state index in [4.69, 9.17) is 5.73 Å². The number of amides is 2. The SMILES string of the molecule is CC(C)c1cccc(C(C)C)c1N(CC(Cc1ccccc1)n1ccc2cccnc21)C(N)=O. The lowest BCUT2D eigenvalue weighted by atomic mass is 9.91. The lowest BCUT2D eigenvalue weighted by Crippen LogP contribution is -2.41. The number of primary amides is 1. The topological polar surface area (TPSA) is 64.2 Å². The van der Waals surface area contributed by atoms with Crippen molar-refractivity contribution in [3.63, 3.8) is 0 Å². The molecule has 2 aromatic heterocycles. The van der Waals surface area contributed by atoms with E-state index in [-0.39, 0.29) is 17.9 Å². The average Bonchev–Trinajstić information content (AvgIpc) is 3.26. The minimum atomic E-state index is -0.433. The third-order valence-corrected chi connectivity index (χ3v) is 6.46. The van der Waals surface area contributed by atoms with Crippen molar-refractivity contribution in [1.29, 1.82) is 0 Å². The van der Waals surface area contributed by atoms with Crippen LogP contribution in [0, 0.1) is 0 Å². The van der Waals surface area contributed by atoms with Gasteiger partial charge in [-0.15, -0.1) is 0 Å². The number of carbonyl (C=O) groups is 1. The zero-order valence-corrected chi connectivity index (χ0v) is 20.5. The summed E-state index contributed by atoms with van der Waals surface area (Å²) in [6.45, 7) is 9.09. The van der Waals surface area contributed by atoms with Gasteiger partial charge in [0, 0.05) is 24.3 Å². The highest BCUT2D eigenvalue weighted by Crippen LogP contribution is 2.36. The fourth-order valence-electron chi connectivity index (χ4n) is 4.74. The molecule has 2 N–H and O–H groups in total. The fraction of sp³-hybridized carbons (Fsp3) is 0.310. The first-order valence-electron chi connectivity index (χ1n) is 12.0. The van der Waals surface area contributed by atoms with Crippen LogP contribution in [0.25, 0.3) is 11.0 Å². The molecule has 0 radical (unpaired) electrons. The number of para-hydroxylation sites is 1. The van der Waals surface area contributed by atoms with Gasteiger partial charge in [-0.25, -0.2) is 9.78 Å². The Hall–Kier alpha value is -3.60. The lowest BCUT2D eigenvalue weighted by molar-refractivity contribution is 0.252. The number of hydrogen-bond acceptors (Lipinski definition) is 2. The van der Waals surface area contributed by atoms with E-state index < -0.39 is 6.03 Å². The Labute approximate surface area is 202 Å². The Bertz CT molecular complexity index is 1230. The first-order chi connectivity index (χ1) is 16.4. The van der Waals surface area contributed by atoms with E-state index in [0.717, 1.165) is 34.3 Å². The fourth-order valence-corrected chi connectivity index (χ4v) is 4.74. The summed E-state index contributed by atoms with van der Waals surface area (Å²) in [6, 6.07) is 22.3. The molecule has 0 fully saturated rings. The number of urea groups is 1. The molecule has 2 amide bonds. The molecule has 0 bridgehead atoms. The molecule has 5 nitrogen and oxygen atoms in total. The zero-order chi connectivity index (χ0) is 24.2. The Morgan fingerprint density at radius 1 is 0.912 bits per heavy atom. The molecule has 0 aliphatic rings. The molecular formula is C29H34N4O. The van der Waals surface area contributed by atoms with Gasteiger partial charge in [0.1, 0.15) is 5.65 Å². The molecule has 176 valence electrons. The summed E-state index contributed by atoms with van der Waals surface area (Å²) in [6.07, 6.45) is 4.64. The maximum absolute atomic E-state index is 13.0. The molecule has 0 saturated carbocycles. The van der Waals surface area contributed by atoms with Crippen molar-refractivity contribution >= 4 is 22.8 Å². The number of benzene rings is 2. The molecule has 34 heavy (non-hydrogen) atoms. The predicted octanol–water partition coefficient (Wildman–Crippen LogP) is 6.65. The van der Waals surface area contributed by atoms with Crippen LogP contribution in [0.15, 0.2) is 79.1 Å². The second-order valence-corrected chi connectivity index (χ2v) is 9.53. The van der Waals surface area contributed by atoms with E-state index in [1.165, 1.54) is 5.56 Å². The molecule has 1 atom stereocenters. The van der Waals surface area contributed by atoms with E-state index in [2.05, 4.69) is 98.0 Å². The Kier molecular flexibility index (Phi) is 7.01. The van der Waals surface area contributed by atoms with E-state index in [0.29, 0.717) is 6.54 Å². The molecule has 1 unspecified atom stereocenters. The molecule has 2 heterocycles. The van der Waals surface area contributed by atoms with Crippen molar-refractivity contribution in [1.82, 2.24) is 9.55 Å². The van der Waals surface area contributed by atoms with Crippen molar-refractivity contribution in [2.24, 2.45) is 5.73 Å². The van der Waals surface area contributed by atoms with Crippen molar-refractivity contribution < 1.29 is 4.79 Å². The predicted molar refractivity (Wildman–Crippen MR) is 140 cm³/mol. The van der Waals surface area contributed by atoms with E-state index in [9.17, 15) is 4.79 Å². The molecule has 0 spiro atoms. The van der Waals surface area contributed by atoms with Crippen LogP contribution in [0.4, 0.5) is 10.5 Å². The first-order valence-corrected chi connectivity index (χ1v) is 12.0. The second kappa shape index (κ2) is 10.1. The van der Waals surface area contributed by atoms with Gasteiger partial charge in [0.15, 0.2) is 0 Å². The average molecular weight is 455 g/mol. The quantitative estimate of drug-likeness (QED) is 0.324. The van der Waals surface area contributed by atoms with E-state index in [1.54, 1.807) is 4.90 Å². The largest absolute Gasteiger partial charge is 0.351 e. The summed E-state index contributed by atoms with van der Waals surface area (Å²) in [5.74, 6) is 0.523. The number of hydrogen-bond donors (Lipinski definition) is 1. The van der Waals surface area contributed by atoms with Crippen LogP contribution in [0.1, 0.15) is 62.3 Å². The normalized spacial score (nSPS) is 12.4. The lowest BCUT2D eigenvalue weighted by Gasteiger charge is -2.32. The maximum atomic E-state index is 13.0. The minimum Gasteiger partial charge on any atom is -0.351 e. The monoisotopic (exact) mass is 454 g/mol. The number of aromatic nitrogens is 2.